The molecule has 35 heavy (non-hydrogen) atoms. The van der Waals surface area contributed by atoms with Gasteiger partial charge in [-0.15, -0.1) is 0 Å². The fourth-order valence-corrected chi connectivity index (χ4v) is 4.35. The molecule has 188 valence electrons. The summed E-state index contributed by atoms with van der Waals surface area (Å²) in [6.07, 6.45) is 1.65. The van der Waals surface area contributed by atoms with E-state index in [-0.39, 0.29) is 24.5 Å². The number of carbonyl (C=O) groups excluding carboxylic acids is 2. The first-order chi connectivity index (χ1) is 16.9. The summed E-state index contributed by atoms with van der Waals surface area (Å²) in [4.78, 5) is 29.3. The van der Waals surface area contributed by atoms with E-state index in [2.05, 4.69) is 36.3 Å². The Morgan fingerprint density at radius 2 is 1.94 bits per heavy atom. The molecule has 0 radical (unpaired) electrons. The van der Waals surface area contributed by atoms with Crippen LogP contribution in [0.15, 0.2) is 47.5 Å². The van der Waals surface area contributed by atoms with Gasteiger partial charge in [0.15, 0.2) is 0 Å². The van der Waals surface area contributed by atoms with Gasteiger partial charge in [0.05, 0.1) is 37.9 Å². The number of nitrogens with zero attached hydrogens (tertiary/aromatic N) is 3. The third-order valence-corrected chi connectivity index (χ3v) is 6.23. The summed E-state index contributed by atoms with van der Waals surface area (Å²) < 4.78 is 11.2. The topological polar surface area (TPSA) is 83.5 Å². The minimum Gasteiger partial charge on any atom is -0.497 e. The molecule has 9 heteroatoms. The summed E-state index contributed by atoms with van der Waals surface area (Å²) in [6, 6.07) is 14.3. The summed E-state index contributed by atoms with van der Waals surface area (Å²) in [6.45, 7) is 6.17. The first-order valence-corrected chi connectivity index (χ1v) is 12.1. The maximum Gasteiger partial charge on any atom is 0.239 e. The van der Waals surface area contributed by atoms with E-state index < -0.39 is 0 Å². The van der Waals surface area contributed by atoms with Crippen molar-refractivity contribution in [1.29, 1.82) is 0 Å². The zero-order valence-electron chi connectivity index (χ0n) is 20.7. The molecular formula is C26H33ClN4O4. The summed E-state index contributed by atoms with van der Waals surface area (Å²) in [5.74, 6) is 2.44. The number of halogens is 1. The number of aliphatic imine (C=N–C) groups is 1. The maximum atomic E-state index is 10.5. The first-order valence-electron chi connectivity index (χ1n) is 11.7. The molecule has 1 saturated heterocycles. The van der Waals surface area contributed by atoms with Crippen molar-refractivity contribution in [2.45, 2.75) is 32.4 Å². The Hall–Kier alpha value is -3.26. The van der Waals surface area contributed by atoms with Crippen molar-refractivity contribution < 1.29 is 19.1 Å². The van der Waals surface area contributed by atoms with E-state index in [9.17, 15) is 9.59 Å². The molecule has 0 aliphatic carbocycles. The number of hydrogen-bond acceptors (Lipinski definition) is 6. The number of hydrogen-bond donors (Lipinski definition) is 1. The minimum absolute atomic E-state index is 0.0756. The Bertz CT molecular complexity index is 1040. The number of amidine groups is 1. The lowest BCUT2D eigenvalue weighted by Gasteiger charge is -2.27. The molecule has 2 aliphatic rings. The highest BCUT2D eigenvalue weighted by molar-refractivity contribution is 6.30. The fourth-order valence-electron chi connectivity index (χ4n) is 4.23. The van der Waals surface area contributed by atoms with Crippen LogP contribution in [0.3, 0.4) is 0 Å². The van der Waals surface area contributed by atoms with E-state index in [1.54, 1.807) is 7.11 Å². The number of rotatable bonds is 7. The van der Waals surface area contributed by atoms with Crippen molar-refractivity contribution >= 4 is 29.8 Å². The molecule has 2 unspecified atom stereocenters. The van der Waals surface area contributed by atoms with E-state index in [0.717, 1.165) is 34.3 Å². The molecule has 4 rings (SSSR count). The molecule has 2 amide bonds. The number of ether oxygens (including phenoxy) is 2. The third-order valence-electron chi connectivity index (χ3n) is 5.98. The molecule has 0 spiro atoms. The van der Waals surface area contributed by atoms with Crippen LogP contribution in [-0.4, -0.2) is 74.4 Å². The largest absolute Gasteiger partial charge is 0.497 e. The van der Waals surface area contributed by atoms with Gasteiger partial charge in [-0.25, -0.2) is 0 Å². The molecule has 0 saturated carbocycles. The smallest absolute Gasteiger partial charge is 0.239 e. The van der Waals surface area contributed by atoms with Gasteiger partial charge in [-0.3, -0.25) is 14.6 Å². The predicted molar refractivity (Wildman–Crippen MR) is 137 cm³/mol. The molecule has 1 fully saturated rings. The Labute approximate surface area is 211 Å². The van der Waals surface area contributed by atoms with Gasteiger partial charge in [0.2, 0.25) is 12.3 Å². The van der Waals surface area contributed by atoms with Gasteiger partial charge >= 0.3 is 0 Å². The monoisotopic (exact) mass is 500 g/mol. The van der Waals surface area contributed by atoms with E-state index in [1.807, 2.05) is 37.3 Å². The molecule has 2 atom stereocenters. The number of nitrogens with one attached hydrogen (secondary N) is 1. The molecule has 0 aromatic heterocycles. The van der Waals surface area contributed by atoms with E-state index in [0.29, 0.717) is 26.1 Å². The Morgan fingerprint density at radius 3 is 2.51 bits per heavy atom. The average Bonchev–Trinajstić information content (AvgIpc) is 3.21. The van der Waals surface area contributed by atoms with Gasteiger partial charge < -0.3 is 24.6 Å². The fraction of sp³-hybridized carbons (Fsp3) is 0.423. The number of methoxy groups -OCH3 is 1. The van der Waals surface area contributed by atoms with Gasteiger partial charge in [-0.2, -0.15) is 0 Å². The van der Waals surface area contributed by atoms with E-state index in [4.69, 9.17) is 26.1 Å². The standard InChI is InChI=1S/C21H25ClN2O2.C5H8N2O2/c1-5-18-20(14-7-9-15(22)10-8-14)24(3)21(23-18)17-12-11-16(25-4)13-19(17)26-6-2;8-4-7-2-1-6-5(9)3-7/h7-13,18,20H,5-6H2,1-4H3;4H,1-3H2,(H,6,9). The highest BCUT2D eigenvalue weighted by atomic mass is 35.5. The Balaban J connectivity index is 0.000000320. The lowest BCUT2D eigenvalue weighted by atomic mass is 9.98. The second-order valence-electron chi connectivity index (χ2n) is 8.26. The van der Waals surface area contributed by atoms with Crippen molar-refractivity contribution in [3.8, 4) is 11.5 Å². The van der Waals surface area contributed by atoms with Gasteiger partial charge in [0, 0.05) is 31.2 Å². The summed E-state index contributed by atoms with van der Waals surface area (Å²) in [7, 11) is 3.75. The highest BCUT2D eigenvalue weighted by Crippen LogP contribution is 2.37. The minimum atomic E-state index is -0.0756. The van der Waals surface area contributed by atoms with Gasteiger partial charge in [0.1, 0.15) is 17.3 Å². The molecule has 2 aliphatic heterocycles. The van der Waals surface area contributed by atoms with Crippen molar-refractivity contribution in [1.82, 2.24) is 15.1 Å². The van der Waals surface area contributed by atoms with Crippen LogP contribution in [0, 0.1) is 0 Å². The third kappa shape index (κ3) is 6.45. The number of benzene rings is 2. The summed E-state index contributed by atoms with van der Waals surface area (Å²) >= 11 is 6.06. The second-order valence-corrected chi connectivity index (χ2v) is 8.69. The zero-order valence-corrected chi connectivity index (χ0v) is 21.4. The van der Waals surface area contributed by atoms with Crippen molar-refractivity contribution in [3.63, 3.8) is 0 Å². The second kappa shape index (κ2) is 12.4. The van der Waals surface area contributed by atoms with Gasteiger partial charge in [0.25, 0.3) is 0 Å². The first kappa shape index (κ1) is 26.3. The average molecular weight is 501 g/mol. The molecule has 2 heterocycles. The maximum absolute atomic E-state index is 10.5. The molecule has 0 bridgehead atoms. The highest BCUT2D eigenvalue weighted by Gasteiger charge is 2.35. The van der Waals surface area contributed by atoms with E-state index in [1.165, 1.54) is 10.5 Å². The van der Waals surface area contributed by atoms with Gasteiger partial charge in [-0.05, 0) is 43.2 Å². The Morgan fingerprint density at radius 1 is 1.20 bits per heavy atom. The van der Waals surface area contributed by atoms with Gasteiger partial charge in [-0.1, -0.05) is 30.7 Å². The lowest BCUT2D eigenvalue weighted by molar-refractivity contribution is -0.130. The van der Waals surface area contributed by atoms with Crippen molar-refractivity contribution in [3.05, 3.63) is 58.6 Å². The lowest BCUT2D eigenvalue weighted by Crippen LogP contribution is -2.46. The number of amides is 2. The van der Waals surface area contributed by atoms with Crippen LogP contribution >= 0.6 is 11.6 Å². The SMILES string of the molecule is CCOc1cc(OC)ccc1C1=NC(CC)C(c2ccc(Cl)cc2)N1C.O=CN1CCNC(=O)C1. The van der Waals surface area contributed by atoms with Crippen LogP contribution in [0.1, 0.15) is 37.4 Å². The van der Waals surface area contributed by atoms with E-state index >= 15 is 0 Å². The normalized spacial score (nSPS) is 19.3. The molecular weight excluding hydrogens is 468 g/mol. The molecule has 1 N–H and O–H groups in total. The quantitative estimate of drug-likeness (QED) is 0.588. The molecule has 8 nitrogen and oxygen atoms in total. The zero-order chi connectivity index (χ0) is 25.4. The van der Waals surface area contributed by atoms with Crippen LogP contribution in [0.5, 0.6) is 11.5 Å². The van der Waals surface area contributed by atoms with Crippen molar-refractivity contribution in [2.24, 2.45) is 4.99 Å². The van der Waals surface area contributed by atoms with Crippen LogP contribution < -0.4 is 14.8 Å². The molecule has 2 aromatic carbocycles. The number of likely N-dealkylation sites (N-methyl/N-ethyl adjacent to an activating group) is 1. The van der Waals surface area contributed by atoms with Crippen LogP contribution in [0.4, 0.5) is 0 Å². The Kier molecular flexibility index (Phi) is 9.37. The number of piperazine rings is 1. The van der Waals surface area contributed by atoms with Crippen LogP contribution in [-0.2, 0) is 9.59 Å². The number of carbonyl (C=O) groups is 2. The van der Waals surface area contributed by atoms with Crippen molar-refractivity contribution in [2.75, 3.05) is 40.4 Å². The summed E-state index contributed by atoms with van der Waals surface area (Å²) in [5, 5.41) is 3.35. The van der Waals surface area contributed by atoms with Crippen LogP contribution in [0.25, 0.3) is 0 Å². The van der Waals surface area contributed by atoms with Crippen LogP contribution in [0.2, 0.25) is 5.02 Å². The molecule has 2 aromatic rings. The summed E-state index contributed by atoms with van der Waals surface area (Å²) in [5.41, 5.74) is 2.21. The predicted octanol–water partition coefficient (Wildman–Crippen LogP) is 3.53.